The lowest BCUT2D eigenvalue weighted by Crippen LogP contribution is -2.38. The van der Waals surface area contributed by atoms with E-state index < -0.39 is 11.9 Å². The second kappa shape index (κ2) is 8.31. The number of hydrogen-bond acceptors (Lipinski definition) is 5. The van der Waals surface area contributed by atoms with Gasteiger partial charge in [-0.15, -0.1) is 0 Å². The maximum absolute atomic E-state index is 12.1. The molecule has 6 heteroatoms. The van der Waals surface area contributed by atoms with Gasteiger partial charge in [-0.3, -0.25) is 4.79 Å². The number of nitrogens with one attached hydrogen (secondary N) is 1. The lowest BCUT2D eigenvalue weighted by Gasteiger charge is -2.22. The molecule has 124 valence electrons. The van der Waals surface area contributed by atoms with Crippen molar-refractivity contribution in [2.45, 2.75) is 38.1 Å². The summed E-state index contributed by atoms with van der Waals surface area (Å²) in [5, 5.41) is 2.87. The van der Waals surface area contributed by atoms with E-state index in [0.717, 1.165) is 25.7 Å². The molecule has 1 fully saturated rings. The number of amides is 1. The number of rotatable bonds is 5. The van der Waals surface area contributed by atoms with Gasteiger partial charge in [0.25, 0.3) is 5.91 Å². The van der Waals surface area contributed by atoms with Crippen LogP contribution in [0.3, 0.4) is 0 Å². The summed E-state index contributed by atoms with van der Waals surface area (Å²) in [4.78, 5) is 35.5. The van der Waals surface area contributed by atoms with E-state index in [1.807, 2.05) is 0 Å². The summed E-state index contributed by atoms with van der Waals surface area (Å²) < 4.78 is 9.64. The number of methoxy groups -OCH3 is 1. The Balaban J connectivity index is 1.89. The monoisotopic (exact) mass is 319 g/mol. The van der Waals surface area contributed by atoms with Crippen LogP contribution in [0.1, 0.15) is 52.8 Å². The third-order valence-corrected chi connectivity index (χ3v) is 3.86. The standard InChI is InChI=1S/C17H21NO5/c1-22-16(20)13-9-5-6-10-14(13)17(21)23-11-15(19)18-12-7-3-2-4-8-12/h5-6,9-10,12H,2-4,7-8,11H2,1H3,(H,18,19). The Bertz CT molecular complexity index is 578. The third-order valence-electron chi connectivity index (χ3n) is 3.86. The van der Waals surface area contributed by atoms with Crippen LogP contribution in [0.15, 0.2) is 24.3 Å². The predicted octanol–water partition coefficient (Wildman–Crippen LogP) is 2.08. The van der Waals surface area contributed by atoms with E-state index in [2.05, 4.69) is 10.1 Å². The van der Waals surface area contributed by atoms with E-state index in [4.69, 9.17) is 4.74 Å². The summed E-state index contributed by atoms with van der Waals surface area (Å²) in [6, 6.07) is 6.35. The number of hydrogen-bond donors (Lipinski definition) is 1. The van der Waals surface area contributed by atoms with Crippen molar-refractivity contribution in [2.75, 3.05) is 13.7 Å². The maximum Gasteiger partial charge on any atom is 0.339 e. The number of ether oxygens (including phenoxy) is 2. The fourth-order valence-electron chi connectivity index (χ4n) is 2.67. The third kappa shape index (κ3) is 4.81. The van der Waals surface area contributed by atoms with Gasteiger partial charge in [-0.2, -0.15) is 0 Å². The molecule has 0 bridgehead atoms. The van der Waals surface area contributed by atoms with Gasteiger partial charge >= 0.3 is 11.9 Å². The van der Waals surface area contributed by atoms with Crippen molar-refractivity contribution in [3.63, 3.8) is 0 Å². The maximum atomic E-state index is 12.1. The van der Waals surface area contributed by atoms with E-state index in [-0.39, 0.29) is 29.7 Å². The Morgan fingerprint density at radius 2 is 1.65 bits per heavy atom. The zero-order chi connectivity index (χ0) is 16.7. The van der Waals surface area contributed by atoms with Crippen LogP contribution in [0.2, 0.25) is 0 Å². The van der Waals surface area contributed by atoms with Crippen LogP contribution in [0, 0.1) is 0 Å². The molecule has 23 heavy (non-hydrogen) atoms. The first kappa shape index (κ1) is 17.0. The SMILES string of the molecule is COC(=O)c1ccccc1C(=O)OCC(=O)NC1CCCCC1. The first-order chi connectivity index (χ1) is 11.1. The van der Waals surface area contributed by atoms with Crippen molar-refractivity contribution in [1.82, 2.24) is 5.32 Å². The smallest absolute Gasteiger partial charge is 0.339 e. The van der Waals surface area contributed by atoms with Gasteiger partial charge < -0.3 is 14.8 Å². The van der Waals surface area contributed by atoms with Crippen molar-refractivity contribution in [1.29, 1.82) is 0 Å². The summed E-state index contributed by atoms with van der Waals surface area (Å²) >= 11 is 0. The van der Waals surface area contributed by atoms with Gasteiger partial charge in [0.05, 0.1) is 18.2 Å². The quantitative estimate of drug-likeness (QED) is 0.840. The molecule has 1 aromatic rings. The molecule has 1 aromatic carbocycles. The van der Waals surface area contributed by atoms with Gasteiger partial charge in [0, 0.05) is 6.04 Å². The Kier molecular flexibility index (Phi) is 6.14. The highest BCUT2D eigenvalue weighted by Gasteiger charge is 2.20. The second-order valence-electron chi connectivity index (χ2n) is 5.52. The van der Waals surface area contributed by atoms with E-state index in [1.54, 1.807) is 12.1 Å². The lowest BCUT2D eigenvalue weighted by atomic mass is 9.95. The molecule has 1 aliphatic rings. The van der Waals surface area contributed by atoms with Gasteiger partial charge in [-0.1, -0.05) is 31.4 Å². The molecule has 0 saturated heterocycles. The zero-order valence-electron chi connectivity index (χ0n) is 13.2. The highest BCUT2D eigenvalue weighted by atomic mass is 16.5. The first-order valence-electron chi connectivity index (χ1n) is 7.75. The Morgan fingerprint density at radius 1 is 1.04 bits per heavy atom. The topological polar surface area (TPSA) is 81.7 Å². The lowest BCUT2D eigenvalue weighted by molar-refractivity contribution is -0.125. The van der Waals surface area contributed by atoms with Crippen LogP contribution in [-0.2, 0) is 14.3 Å². The highest BCUT2D eigenvalue weighted by Crippen LogP contribution is 2.17. The molecule has 0 atom stereocenters. The van der Waals surface area contributed by atoms with Gasteiger partial charge in [0.1, 0.15) is 0 Å². The van der Waals surface area contributed by atoms with Crippen LogP contribution in [0.5, 0.6) is 0 Å². The summed E-state index contributed by atoms with van der Waals surface area (Å²) in [5.41, 5.74) is 0.206. The molecule has 0 aromatic heterocycles. The van der Waals surface area contributed by atoms with E-state index in [9.17, 15) is 14.4 Å². The number of benzene rings is 1. The molecule has 0 aliphatic heterocycles. The van der Waals surface area contributed by atoms with Crippen molar-refractivity contribution in [3.8, 4) is 0 Å². The molecule has 0 unspecified atom stereocenters. The largest absolute Gasteiger partial charge is 0.465 e. The van der Waals surface area contributed by atoms with Crippen LogP contribution >= 0.6 is 0 Å². The van der Waals surface area contributed by atoms with Crippen molar-refractivity contribution >= 4 is 17.8 Å². The molecule has 0 heterocycles. The summed E-state index contributed by atoms with van der Waals surface area (Å²) in [6.45, 7) is -0.356. The van der Waals surface area contributed by atoms with Crippen LogP contribution < -0.4 is 5.32 Å². The van der Waals surface area contributed by atoms with E-state index in [1.165, 1.54) is 25.7 Å². The molecule has 1 saturated carbocycles. The van der Waals surface area contributed by atoms with Crippen molar-refractivity contribution in [2.24, 2.45) is 0 Å². The number of carbonyl (C=O) groups excluding carboxylic acids is 3. The highest BCUT2D eigenvalue weighted by molar-refractivity contribution is 6.03. The minimum Gasteiger partial charge on any atom is -0.465 e. The van der Waals surface area contributed by atoms with E-state index >= 15 is 0 Å². The minimum absolute atomic E-state index is 0.0878. The van der Waals surface area contributed by atoms with E-state index in [0.29, 0.717) is 0 Å². The average molecular weight is 319 g/mol. The molecule has 6 nitrogen and oxygen atoms in total. The normalized spacial score (nSPS) is 14.8. The second-order valence-corrected chi connectivity index (χ2v) is 5.52. The molecule has 1 aliphatic carbocycles. The Labute approximate surface area is 135 Å². The molecular formula is C17H21NO5. The number of esters is 2. The van der Waals surface area contributed by atoms with Gasteiger partial charge in [0.2, 0.25) is 0 Å². The zero-order valence-corrected chi connectivity index (χ0v) is 13.2. The Hall–Kier alpha value is -2.37. The van der Waals surface area contributed by atoms with Crippen molar-refractivity contribution in [3.05, 3.63) is 35.4 Å². The minimum atomic E-state index is -0.718. The van der Waals surface area contributed by atoms with Crippen molar-refractivity contribution < 1.29 is 23.9 Å². The van der Waals surface area contributed by atoms with Crippen LogP contribution in [0.4, 0.5) is 0 Å². The molecule has 2 rings (SSSR count). The molecule has 0 spiro atoms. The average Bonchev–Trinajstić information content (AvgIpc) is 2.60. The Morgan fingerprint density at radius 3 is 2.26 bits per heavy atom. The van der Waals surface area contributed by atoms with Crippen LogP contribution in [-0.4, -0.2) is 37.6 Å². The fourth-order valence-corrected chi connectivity index (χ4v) is 2.67. The molecule has 1 amide bonds. The molecular weight excluding hydrogens is 298 g/mol. The first-order valence-corrected chi connectivity index (χ1v) is 7.75. The summed E-state index contributed by atoms with van der Waals surface area (Å²) in [7, 11) is 1.24. The van der Waals surface area contributed by atoms with Gasteiger partial charge in [-0.05, 0) is 25.0 Å². The fraction of sp³-hybridized carbons (Fsp3) is 0.471. The summed E-state index contributed by atoms with van der Waals surface area (Å²) in [5.74, 6) is -1.66. The van der Waals surface area contributed by atoms with Gasteiger partial charge in [-0.25, -0.2) is 9.59 Å². The summed E-state index contributed by atoms with van der Waals surface area (Å²) in [6.07, 6.45) is 5.34. The number of carbonyl (C=O) groups is 3. The van der Waals surface area contributed by atoms with Crippen LogP contribution in [0.25, 0.3) is 0 Å². The molecule has 0 radical (unpaired) electrons. The predicted molar refractivity (Wildman–Crippen MR) is 83.1 cm³/mol. The van der Waals surface area contributed by atoms with Gasteiger partial charge in [0.15, 0.2) is 6.61 Å². The molecule has 1 N–H and O–H groups in total.